The van der Waals surface area contributed by atoms with Crippen LogP contribution in [0.1, 0.15) is 5.56 Å². The maximum atomic E-state index is 12.8. The number of carbonyl (C=O) groups is 2. The zero-order chi connectivity index (χ0) is 18.4. The molecule has 26 heavy (non-hydrogen) atoms. The number of carbonyl (C=O) groups excluding carboxylic acids is 2. The minimum Gasteiger partial charge on any atom is -0.454 e. The topological polar surface area (TPSA) is 67.9 Å². The second-order valence-corrected chi connectivity index (χ2v) is 6.57. The number of ether oxygens (including phenoxy) is 2. The number of rotatable bonds is 3. The molecule has 0 saturated heterocycles. The third kappa shape index (κ3) is 2.67. The molecule has 0 atom stereocenters. The minimum absolute atomic E-state index is 0.00452. The van der Waals surface area contributed by atoms with Crippen LogP contribution in [-0.4, -0.2) is 18.6 Å². The van der Waals surface area contributed by atoms with Crippen LogP contribution >= 0.6 is 23.2 Å². The molecule has 2 aromatic carbocycles. The molecular formula is C18H12Cl2N2O4. The Kier molecular flexibility index (Phi) is 4.01. The van der Waals surface area contributed by atoms with Gasteiger partial charge in [0.2, 0.25) is 6.79 Å². The number of halogens is 2. The largest absolute Gasteiger partial charge is 0.454 e. The molecule has 4 rings (SSSR count). The SMILES string of the molecule is Cc1cc(Cl)ccc1N1C(=O)C(Cl)=C(Nc2ccc3c(c2)OCO3)C1=O. The van der Waals surface area contributed by atoms with E-state index in [9.17, 15) is 9.59 Å². The number of hydrogen-bond acceptors (Lipinski definition) is 5. The second kappa shape index (κ2) is 6.23. The maximum absolute atomic E-state index is 12.8. The van der Waals surface area contributed by atoms with Gasteiger partial charge < -0.3 is 14.8 Å². The molecule has 0 saturated carbocycles. The van der Waals surface area contributed by atoms with E-state index in [0.29, 0.717) is 33.5 Å². The number of imide groups is 1. The fraction of sp³-hybridized carbons (Fsp3) is 0.111. The van der Waals surface area contributed by atoms with Gasteiger partial charge in [0.05, 0.1) is 5.69 Å². The van der Waals surface area contributed by atoms with Crippen LogP contribution in [0.3, 0.4) is 0 Å². The van der Waals surface area contributed by atoms with Crippen molar-refractivity contribution in [2.45, 2.75) is 6.92 Å². The number of amides is 2. The van der Waals surface area contributed by atoms with Crippen molar-refractivity contribution in [1.29, 1.82) is 0 Å². The second-order valence-electron chi connectivity index (χ2n) is 5.76. The normalized spacial score (nSPS) is 15.9. The van der Waals surface area contributed by atoms with Crippen LogP contribution in [0.2, 0.25) is 5.02 Å². The summed E-state index contributed by atoms with van der Waals surface area (Å²) in [5.74, 6) is 0.0326. The van der Waals surface area contributed by atoms with Crippen LogP contribution in [0.15, 0.2) is 47.1 Å². The molecule has 2 aromatic rings. The van der Waals surface area contributed by atoms with Gasteiger partial charge in [-0.05, 0) is 42.8 Å². The maximum Gasteiger partial charge on any atom is 0.283 e. The smallest absolute Gasteiger partial charge is 0.283 e. The first-order valence-corrected chi connectivity index (χ1v) is 8.42. The van der Waals surface area contributed by atoms with Gasteiger partial charge in [0.1, 0.15) is 10.7 Å². The van der Waals surface area contributed by atoms with Crippen molar-refractivity contribution in [1.82, 2.24) is 0 Å². The monoisotopic (exact) mass is 390 g/mol. The van der Waals surface area contributed by atoms with Gasteiger partial charge in [-0.1, -0.05) is 23.2 Å². The van der Waals surface area contributed by atoms with Gasteiger partial charge in [0.25, 0.3) is 11.8 Å². The van der Waals surface area contributed by atoms with E-state index < -0.39 is 11.8 Å². The lowest BCUT2D eigenvalue weighted by Gasteiger charge is -2.17. The Morgan fingerprint density at radius 1 is 1.00 bits per heavy atom. The molecule has 6 nitrogen and oxygen atoms in total. The number of anilines is 2. The standard InChI is InChI=1S/C18H12Cl2N2O4/c1-9-6-10(19)2-4-12(9)22-17(23)15(20)16(18(22)24)21-11-3-5-13-14(7-11)26-8-25-13/h2-7,21H,8H2,1H3. The van der Waals surface area contributed by atoms with Gasteiger partial charge in [0, 0.05) is 16.8 Å². The van der Waals surface area contributed by atoms with Gasteiger partial charge in [-0.2, -0.15) is 0 Å². The predicted molar refractivity (Wildman–Crippen MR) is 97.7 cm³/mol. The molecule has 132 valence electrons. The summed E-state index contributed by atoms with van der Waals surface area (Å²) in [6.45, 7) is 1.90. The summed E-state index contributed by atoms with van der Waals surface area (Å²) in [4.78, 5) is 26.4. The van der Waals surface area contributed by atoms with Gasteiger partial charge in [-0.25, -0.2) is 4.90 Å². The van der Waals surface area contributed by atoms with Crippen LogP contribution in [-0.2, 0) is 9.59 Å². The molecule has 0 bridgehead atoms. The first kappa shape index (κ1) is 16.8. The van der Waals surface area contributed by atoms with Crippen molar-refractivity contribution in [3.63, 3.8) is 0 Å². The first-order valence-electron chi connectivity index (χ1n) is 7.67. The Balaban J connectivity index is 1.65. The number of nitrogens with one attached hydrogen (secondary N) is 1. The van der Waals surface area contributed by atoms with E-state index in [1.807, 2.05) is 0 Å². The van der Waals surface area contributed by atoms with E-state index in [-0.39, 0.29) is 17.5 Å². The predicted octanol–water partition coefficient (Wildman–Crippen LogP) is 3.81. The Labute approximate surface area is 158 Å². The molecule has 0 aromatic heterocycles. The van der Waals surface area contributed by atoms with E-state index in [2.05, 4.69) is 5.32 Å². The molecule has 0 fully saturated rings. The summed E-state index contributed by atoms with van der Waals surface area (Å²) in [5.41, 5.74) is 1.68. The van der Waals surface area contributed by atoms with E-state index in [0.717, 1.165) is 4.90 Å². The summed E-state index contributed by atoms with van der Waals surface area (Å²) in [5, 5.41) is 3.24. The molecule has 2 aliphatic heterocycles. The fourth-order valence-electron chi connectivity index (χ4n) is 2.82. The number of hydrogen-bond donors (Lipinski definition) is 1. The molecule has 0 unspecified atom stereocenters. The number of fused-ring (bicyclic) bond motifs is 1. The molecular weight excluding hydrogens is 379 g/mol. The average Bonchev–Trinajstić information content (AvgIpc) is 3.15. The molecule has 0 radical (unpaired) electrons. The number of aryl methyl sites for hydroxylation is 1. The highest BCUT2D eigenvalue weighted by Crippen LogP contribution is 2.37. The van der Waals surface area contributed by atoms with Crippen molar-refractivity contribution in [3.05, 3.63) is 57.7 Å². The van der Waals surface area contributed by atoms with Crippen molar-refractivity contribution < 1.29 is 19.1 Å². The summed E-state index contributed by atoms with van der Waals surface area (Å²) < 4.78 is 10.6. The molecule has 2 aliphatic rings. The third-order valence-electron chi connectivity index (χ3n) is 4.07. The van der Waals surface area contributed by atoms with Crippen molar-refractivity contribution in [2.75, 3.05) is 17.0 Å². The van der Waals surface area contributed by atoms with Crippen LogP contribution in [0, 0.1) is 6.92 Å². The van der Waals surface area contributed by atoms with Crippen LogP contribution in [0.4, 0.5) is 11.4 Å². The highest BCUT2D eigenvalue weighted by atomic mass is 35.5. The van der Waals surface area contributed by atoms with Crippen LogP contribution in [0.25, 0.3) is 0 Å². The zero-order valence-corrected chi connectivity index (χ0v) is 15.0. The molecule has 2 heterocycles. The minimum atomic E-state index is -0.592. The quantitative estimate of drug-likeness (QED) is 0.806. The van der Waals surface area contributed by atoms with E-state index in [1.165, 1.54) is 0 Å². The van der Waals surface area contributed by atoms with Gasteiger partial charge in [-0.3, -0.25) is 9.59 Å². The molecule has 0 spiro atoms. The van der Waals surface area contributed by atoms with Crippen LogP contribution in [0.5, 0.6) is 11.5 Å². The molecule has 0 aliphatic carbocycles. The lowest BCUT2D eigenvalue weighted by atomic mass is 10.2. The highest BCUT2D eigenvalue weighted by Gasteiger charge is 2.39. The zero-order valence-electron chi connectivity index (χ0n) is 13.5. The molecule has 2 amide bonds. The van der Waals surface area contributed by atoms with E-state index in [4.69, 9.17) is 32.7 Å². The van der Waals surface area contributed by atoms with Crippen LogP contribution < -0.4 is 19.7 Å². The van der Waals surface area contributed by atoms with E-state index in [1.54, 1.807) is 43.3 Å². The highest BCUT2D eigenvalue weighted by molar-refractivity contribution is 6.53. The summed E-state index contributed by atoms with van der Waals surface area (Å²) in [6.07, 6.45) is 0. The molecule has 1 N–H and O–H groups in total. The van der Waals surface area contributed by atoms with Gasteiger partial charge >= 0.3 is 0 Å². The Morgan fingerprint density at radius 2 is 1.77 bits per heavy atom. The van der Waals surface area contributed by atoms with E-state index >= 15 is 0 Å². The Hall–Kier alpha value is -2.70. The lowest BCUT2D eigenvalue weighted by Crippen LogP contribution is -2.32. The molecule has 8 heteroatoms. The summed E-state index contributed by atoms with van der Waals surface area (Å²) >= 11 is 12.1. The van der Waals surface area contributed by atoms with Crippen molar-refractivity contribution in [3.8, 4) is 11.5 Å². The summed E-state index contributed by atoms with van der Waals surface area (Å²) in [7, 11) is 0. The number of nitrogens with zero attached hydrogens (tertiary/aromatic N) is 1. The van der Waals surface area contributed by atoms with Crippen molar-refractivity contribution in [2.24, 2.45) is 0 Å². The fourth-order valence-corrected chi connectivity index (χ4v) is 3.26. The first-order chi connectivity index (χ1) is 12.5. The van der Waals surface area contributed by atoms with Crippen molar-refractivity contribution >= 4 is 46.4 Å². The lowest BCUT2D eigenvalue weighted by molar-refractivity contribution is -0.120. The summed E-state index contributed by atoms with van der Waals surface area (Å²) in [6, 6.07) is 9.99. The van der Waals surface area contributed by atoms with Gasteiger partial charge in [0.15, 0.2) is 11.5 Å². The third-order valence-corrected chi connectivity index (χ3v) is 4.65. The Bertz CT molecular complexity index is 987. The average molecular weight is 391 g/mol. The Morgan fingerprint density at radius 3 is 2.54 bits per heavy atom. The number of benzene rings is 2. The van der Waals surface area contributed by atoms with Gasteiger partial charge in [-0.15, -0.1) is 0 Å².